The predicted molar refractivity (Wildman–Crippen MR) is 132 cm³/mol. The Labute approximate surface area is 199 Å². The Bertz CT molecular complexity index is 1270. The summed E-state index contributed by atoms with van der Waals surface area (Å²) < 4.78 is 7.44. The molecule has 0 bridgehead atoms. The van der Waals surface area contributed by atoms with Crippen LogP contribution in [0.3, 0.4) is 0 Å². The monoisotopic (exact) mass is 453 g/mol. The number of esters is 1. The Balaban J connectivity index is 1.43. The summed E-state index contributed by atoms with van der Waals surface area (Å²) in [5.41, 5.74) is 5.16. The van der Waals surface area contributed by atoms with Crippen LogP contribution in [0, 0.1) is 13.8 Å². The van der Waals surface area contributed by atoms with Crippen LogP contribution in [0.5, 0.6) is 0 Å². The fourth-order valence-electron chi connectivity index (χ4n) is 3.62. The van der Waals surface area contributed by atoms with E-state index in [1.54, 1.807) is 23.0 Å². The standard InChI is InChI=1S/C28H27N3O3/c1-20-13-14-21(2)25(17-20)30-28(33)27(23-9-5-3-6-10-23)34-26(32)16-15-22-18-29-31(19-22)24-11-7-4-8-12-24/h3-14,17-19,27H,15-16H2,1-2H3,(H,30,33)/t27-/m1/s1. The second-order valence-electron chi connectivity index (χ2n) is 8.22. The average molecular weight is 454 g/mol. The molecule has 1 aromatic heterocycles. The van der Waals surface area contributed by atoms with Gasteiger partial charge in [-0.1, -0.05) is 60.7 Å². The molecule has 0 unspecified atom stereocenters. The Morgan fingerprint density at radius 2 is 1.68 bits per heavy atom. The van der Waals surface area contributed by atoms with Crippen LogP contribution in [-0.4, -0.2) is 21.7 Å². The van der Waals surface area contributed by atoms with Gasteiger partial charge in [0.05, 0.1) is 11.9 Å². The molecule has 3 aromatic carbocycles. The van der Waals surface area contributed by atoms with Crippen molar-refractivity contribution >= 4 is 17.6 Å². The summed E-state index contributed by atoms with van der Waals surface area (Å²) in [5, 5.41) is 7.28. The van der Waals surface area contributed by atoms with Gasteiger partial charge in [0, 0.05) is 23.9 Å². The third kappa shape index (κ3) is 5.78. The lowest BCUT2D eigenvalue weighted by Crippen LogP contribution is -2.26. The quantitative estimate of drug-likeness (QED) is 0.365. The summed E-state index contributed by atoms with van der Waals surface area (Å²) in [6, 6.07) is 24.7. The van der Waals surface area contributed by atoms with E-state index in [4.69, 9.17) is 4.74 Å². The molecule has 6 heteroatoms. The second kappa shape index (κ2) is 10.6. The Kier molecular flexibility index (Phi) is 7.18. The first-order valence-electron chi connectivity index (χ1n) is 11.2. The van der Waals surface area contributed by atoms with E-state index in [-0.39, 0.29) is 12.3 Å². The number of rotatable bonds is 8. The van der Waals surface area contributed by atoms with Crippen molar-refractivity contribution in [2.45, 2.75) is 32.8 Å². The van der Waals surface area contributed by atoms with E-state index in [1.165, 1.54) is 0 Å². The van der Waals surface area contributed by atoms with Crippen molar-refractivity contribution in [1.29, 1.82) is 0 Å². The predicted octanol–water partition coefficient (Wildman–Crippen LogP) is 5.34. The number of carbonyl (C=O) groups is 2. The van der Waals surface area contributed by atoms with E-state index >= 15 is 0 Å². The van der Waals surface area contributed by atoms with Gasteiger partial charge in [-0.05, 0) is 55.2 Å². The molecule has 0 fully saturated rings. The van der Waals surface area contributed by atoms with E-state index in [1.807, 2.05) is 86.8 Å². The Morgan fingerprint density at radius 1 is 0.971 bits per heavy atom. The second-order valence-corrected chi connectivity index (χ2v) is 8.22. The van der Waals surface area contributed by atoms with Crippen LogP contribution in [0.25, 0.3) is 5.69 Å². The largest absolute Gasteiger partial charge is 0.447 e. The number of amides is 1. The average Bonchev–Trinajstić information content (AvgIpc) is 3.34. The summed E-state index contributed by atoms with van der Waals surface area (Å²) >= 11 is 0. The number of hydrogen-bond acceptors (Lipinski definition) is 4. The van der Waals surface area contributed by atoms with Crippen LogP contribution >= 0.6 is 0 Å². The van der Waals surface area contributed by atoms with E-state index in [2.05, 4.69) is 10.4 Å². The zero-order chi connectivity index (χ0) is 23.9. The minimum atomic E-state index is -1.04. The number of carbonyl (C=O) groups excluding carboxylic acids is 2. The van der Waals surface area contributed by atoms with Gasteiger partial charge in [0.1, 0.15) is 0 Å². The van der Waals surface area contributed by atoms with Crippen LogP contribution in [-0.2, 0) is 20.7 Å². The fraction of sp³-hybridized carbons (Fsp3) is 0.179. The summed E-state index contributed by atoms with van der Waals surface area (Å²) in [7, 11) is 0. The minimum Gasteiger partial charge on any atom is -0.447 e. The molecule has 0 spiro atoms. The molecule has 1 heterocycles. The summed E-state index contributed by atoms with van der Waals surface area (Å²) in [5.74, 6) is -0.831. The molecule has 0 radical (unpaired) electrons. The highest BCUT2D eigenvalue weighted by molar-refractivity contribution is 5.96. The van der Waals surface area contributed by atoms with Gasteiger partial charge >= 0.3 is 5.97 Å². The van der Waals surface area contributed by atoms with Crippen molar-refractivity contribution in [3.8, 4) is 5.69 Å². The van der Waals surface area contributed by atoms with Crippen LogP contribution in [0.4, 0.5) is 5.69 Å². The first kappa shape index (κ1) is 23.0. The highest BCUT2D eigenvalue weighted by Crippen LogP contribution is 2.23. The molecule has 4 rings (SSSR count). The van der Waals surface area contributed by atoms with Crippen molar-refractivity contribution in [3.63, 3.8) is 0 Å². The number of hydrogen-bond donors (Lipinski definition) is 1. The summed E-state index contributed by atoms with van der Waals surface area (Å²) in [4.78, 5) is 25.9. The number of nitrogens with zero attached hydrogens (tertiary/aromatic N) is 2. The molecule has 1 amide bonds. The topological polar surface area (TPSA) is 73.2 Å². The van der Waals surface area contributed by atoms with Crippen LogP contribution in [0.1, 0.15) is 34.8 Å². The van der Waals surface area contributed by atoms with Crippen LogP contribution in [0.15, 0.2) is 91.3 Å². The van der Waals surface area contributed by atoms with Crippen LogP contribution < -0.4 is 5.32 Å². The molecule has 0 aliphatic heterocycles. The highest BCUT2D eigenvalue weighted by atomic mass is 16.5. The fourth-order valence-corrected chi connectivity index (χ4v) is 3.62. The van der Waals surface area contributed by atoms with Crippen molar-refractivity contribution in [3.05, 3.63) is 114 Å². The van der Waals surface area contributed by atoms with Crippen LogP contribution in [0.2, 0.25) is 0 Å². The number of aromatic nitrogens is 2. The molecule has 0 saturated heterocycles. The van der Waals surface area contributed by atoms with Gasteiger partial charge in [-0.3, -0.25) is 9.59 Å². The van der Waals surface area contributed by atoms with Crippen molar-refractivity contribution < 1.29 is 14.3 Å². The van der Waals surface area contributed by atoms with Gasteiger partial charge in [0.2, 0.25) is 6.10 Å². The smallest absolute Gasteiger partial charge is 0.307 e. The first-order chi connectivity index (χ1) is 16.5. The lowest BCUT2D eigenvalue weighted by Gasteiger charge is -2.19. The number of nitrogens with one attached hydrogen (secondary N) is 1. The van der Waals surface area contributed by atoms with Crippen molar-refractivity contribution in [2.24, 2.45) is 0 Å². The molecule has 1 atom stereocenters. The molecular weight excluding hydrogens is 426 g/mol. The Morgan fingerprint density at radius 3 is 2.41 bits per heavy atom. The third-order valence-corrected chi connectivity index (χ3v) is 5.52. The lowest BCUT2D eigenvalue weighted by atomic mass is 10.1. The lowest BCUT2D eigenvalue weighted by molar-refractivity contribution is -0.154. The molecule has 0 saturated carbocycles. The molecule has 34 heavy (non-hydrogen) atoms. The van der Waals surface area contributed by atoms with Crippen molar-refractivity contribution in [2.75, 3.05) is 5.32 Å². The maximum absolute atomic E-state index is 13.1. The van der Waals surface area contributed by atoms with E-state index in [0.29, 0.717) is 17.7 Å². The van der Waals surface area contributed by atoms with E-state index in [9.17, 15) is 9.59 Å². The molecule has 172 valence electrons. The van der Waals surface area contributed by atoms with Gasteiger partial charge < -0.3 is 10.1 Å². The van der Waals surface area contributed by atoms with Gasteiger partial charge in [-0.15, -0.1) is 0 Å². The Hall–Kier alpha value is -4.19. The summed E-state index contributed by atoms with van der Waals surface area (Å²) in [6.07, 6.45) is 3.19. The van der Waals surface area contributed by atoms with E-state index < -0.39 is 12.1 Å². The van der Waals surface area contributed by atoms with Gasteiger partial charge in [0.25, 0.3) is 5.91 Å². The normalized spacial score (nSPS) is 11.6. The van der Waals surface area contributed by atoms with Gasteiger partial charge in [0.15, 0.2) is 0 Å². The number of anilines is 1. The van der Waals surface area contributed by atoms with E-state index in [0.717, 1.165) is 22.4 Å². The molecular formula is C28H27N3O3. The zero-order valence-corrected chi connectivity index (χ0v) is 19.3. The molecule has 4 aromatic rings. The number of aryl methyl sites for hydroxylation is 3. The highest BCUT2D eigenvalue weighted by Gasteiger charge is 2.25. The first-order valence-corrected chi connectivity index (χ1v) is 11.2. The number of para-hydroxylation sites is 1. The summed E-state index contributed by atoms with van der Waals surface area (Å²) in [6.45, 7) is 3.89. The van der Waals surface area contributed by atoms with Crippen molar-refractivity contribution in [1.82, 2.24) is 9.78 Å². The number of benzene rings is 3. The third-order valence-electron chi connectivity index (χ3n) is 5.52. The molecule has 0 aliphatic carbocycles. The zero-order valence-electron chi connectivity index (χ0n) is 19.3. The maximum atomic E-state index is 13.1. The number of ether oxygens (including phenoxy) is 1. The molecule has 6 nitrogen and oxygen atoms in total. The van der Waals surface area contributed by atoms with Gasteiger partial charge in [-0.25, -0.2) is 4.68 Å². The molecule has 1 N–H and O–H groups in total. The minimum absolute atomic E-state index is 0.139. The maximum Gasteiger partial charge on any atom is 0.307 e. The molecule has 0 aliphatic rings. The SMILES string of the molecule is Cc1ccc(C)c(NC(=O)[C@H](OC(=O)CCc2cnn(-c3ccccc3)c2)c2ccccc2)c1. The van der Waals surface area contributed by atoms with Gasteiger partial charge in [-0.2, -0.15) is 5.10 Å².